The summed E-state index contributed by atoms with van der Waals surface area (Å²) in [7, 11) is 2.81. The third-order valence-corrected chi connectivity index (χ3v) is 10.7. The van der Waals surface area contributed by atoms with Crippen LogP contribution in [0.25, 0.3) is 10.9 Å². The second-order valence-electron chi connectivity index (χ2n) is 14.2. The van der Waals surface area contributed by atoms with Crippen LogP contribution in [0.1, 0.15) is 53.2 Å². The van der Waals surface area contributed by atoms with Crippen molar-refractivity contribution in [1.29, 1.82) is 0 Å². The van der Waals surface area contributed by atoms with Crippen LogP contribution in [0.3, 0.4) is 0 Å². The molecule has 56 heavy (non-hydrogen) atoms. The molecule has 0 bridgehead atoms. The highest BCUT2D eigenvalue weighted by molar-refractivity contribution is 6.54. The highest BCUT2D eigenvalue weighted by Gasteiger charge is 2.36. The Kier molecular flexibility index (Phi) is 10.3. The van der Waals surface area contributed by atoms with Crippen molar-refractivity contribution in [3.8, 4) is 0 Å². The number of para-hydroxylation sites is 2. The maximum absolute atomic E-state index is 15.9. The molecule has 4 aliphatic rings. The Morgan fingerprint density at radius 2 is 1.36 bits per heavy atom. The zero-order valence-corrected chi connectivity index (χ0v) is 31.3. The monoisotopic (exact) mass is 763 g/mol. The normalized spacial score (nSPS) is 18.3. The molecular weight excluding hydrogens is 721 g/mol. The van der Waals surface area contributed by atoms with Gasteiger partial charge in [0.2, 0.25) is 5.43 Å². The minimum Gasteiger partial charge on any atom is -0.462 e. The van der Waals surface area contributed by atoms with Gasteiger partial charge in [-0.1, -0.05) is 46.7 Å². The van der Waals surface area contributed by atoms with E-state index in [1.54, 1.807) is 28.1 Å². The van der Waals surface area contributed by atoms with Crippen LogP contribution in [-0.4, -0.2) is 105 Å². The molecular formula is C41H42FN7O7. The topological polar surface area (TPSA) is 139 Å². The number of carbonyl (C=O) groups is 3. The van der Waals surface area contributed by atoms with Crippen molar-refractivity contribution in [2.24, 2.45) is 10.3 Å². The van der Waals surface area contributed by atoms with E-state index in [1.807, 2.05) is 51.9 Å². The van der Waals surface area contributed by atoms with Crippen LogP contribution in [0, 0.1) is 5.82 Å². The Morgan fingerprint density at radius 3 is 1.95 bits per heavy atom. The highest BCUT2D eigenvalue weighted by atomic mass is 19.1. The summed E-state index contributed by atoms with van der Waals surface area (Å²) in [6.45, 7) is 4.13. The van der Waals surface area contributed by atoms with Gasteiger partial charge in [0.25, 0.3) is 11.8 Å². The molecule has 14 nitrogen and oxygen atoms in total. The summed E-state index contributed by atoms with van der Waals surface area (Å²) in [6, 6.07) is 17.9. The van der Waals surface area contributed by atoms with Crippen molar-refractivity contribution in [3.05, 3.63) is 99.6 Å². The van der Waals surface area contributed by atoms with Crippen LogP contribution in [-0.2, 0) is 24.0 Å². The summed E-state index contributed by atoms with van der Waals surface area (Å²) in [5, 5.41) is 7.97. The molecule has 4 aromatic rings. The van der Waals surface area contributed by atoms with Gasteiger partial charge in [0.1, 0.15) is 25.6 Å². The van der Waals surface area contributed by atoms with Gasteiger partial charge in [-0.15, -0.1) is 0 Å². The number of benzene rings is 3. The van der Waals surface area contributed by atoms with Gasteiger partial charge in [-0.05, 0) is 56.5 Å². The molecule has 1 aromatic heterocycles. The number of hydrogen-bond donors (Lipinski definition) is 0. The van der Waals surface area contributed by atoms with Gasteiger partial charge < -0.3 is 33.7 Å². The van der Waals surface area contributed by atoms with Gasteiger partial charge in [-0.25, -0.2) is 9.18 Å². The zero-order chi connectivity index (χ0) is 38.9. The van der Waals surface area contributed by atoms with Crippen molar-refractivity contribution in [1.82, 2.24) is 9.47 Å². The first-order valence-electron chi connectivity index (χ1n) is 18.9. The molecule has 290 valence electrons. The lowest BCUT2D eigenvalue weighted by Gasteiger charge is -2.36. The molecule has 0 N–H and O–H groups in total. The van der Waals surface area contributed by atoms with Crippen molar-refractivity contribution < 1.29 is 33.2 Å². The van der Waals surface area contributed by atoms with E-state index in [4.69, 9.17) is 14.4 Å². The number of nitrogens with zero attached hydrogens (tertiary/aromatic N) is 7. The van der Waals surface area contributed by atoms with Crippen LogP contribution < -0.4 is 20.1 Å². The predicted octanol–water partition coefficient (Wildman–Crippen LogP) is 4.33. The average Bonchev–Trinajstić information content (AvgIpc) is 3.98. The minimum atomic E-state index is -0.788. The van der Waals surface area contributed by atoms with Crippen LogP contribution in [0.5, 0.6) is 0 Å². The lowest BCUT2D eigenvalue weighted by atomic mass is 10.1. The van der Waals surface area contributed by atoms with E-state index in [-0.39, 0.29) is 47.7 Å². The summed E-state index contributed by atoms with van der Waals surface area (Å²) in [4.78, 5) is 70.4. The molecule has 15 heteroatoms. The Morgan fingerprint density at radius 1 is 0.768 bits per heavy atom. The number of pyridine rings is 1. The molecule has 2 fully saturated rings. The Balaban J connectivity index is 0.896. The van der Waals surface area contributed by atoms with Gasteiger partial charge >= 0.3 is 5.97 Å². The second-order valence-corrected chi connectivity index (χ2v) is 14.2. The first-order chi connectivity index (χ1) is 27.3. The number of rotatable bonds is 13. The minimum absolute atomic E-state index is 0.0316. The Labute approximate surface area is 322 Å². The van der Waals surface area contributed by atoms with E-state index in [0.29, 0.717) is 67.3 Å². The van der Waals surface area contributed by atoms with Gasteiger partial charge in [0, 0.05) is 68.0 Å². The van der Waals surface area contributed by atoms with Crippen LogP contribution >= 0.6 is 0 Å². The fraction of sp³-hybridized carbons (Fsp3) is 0.366. The average molecular weight is 764 g/mol. The molecule has 2 amide bonds. The quantitative estimate of drug-likeness (QED) is 0.111. The first kappa shape index (κ1) is 36.9. The van der Waals surface area contributed by atoms with Crippen LogP contribution in [0.4, 0.5) is 21.5 Å². The molecule has 0 spiro atoms. The zero-order valence-electron chi connectivity index (χ0n) is 31.3. The number of esters is 1. The summed E-state index contributed by atoms with van der Waals surface area (Å²) < 4.78 is 23.3. The largest absolute Gasteiger partial charge is 0.462 e. The fourth-order valence-corrected chi connectivity index (χ4v) is 7.86. The van der Waals surface area contributed by atoms with E-state index in [2.05, 4.69) is 15.2 Å². The van der Waals surface area contributed by atoms with E-state index >= 15 is 4.39 Å². The van der Waals surface area contributed by atoms with Gasteiger partial charge in [-0.3, -0.25) is 19.3 Å². The van der Waals surface area contributed by atoms with Crippen molar-refractivity contribution in [2.45, 2.75) is 31.7 Å². The summed E-state index contributed by atoms with van der Waals surface area (Å²) in [5.41, 5.74) is 3.72. The molecule has 8 rings (SSSR count). The summed E-state index contributed by atoms with van der Waals surface area (Å²) in [6.07, 6.45) is 4.38. The molecule has 1 saturated carbocycles. The number of ether oxygens (including phenoxy) is 1. The molecule has 0 radical (unpaired) electrons. The fourth-order valence-electron chi connectivity index (χ4n) is 7.86. The Bertz CT molecular complexity index is 2330. The van der Waals surface area contributed by atoms with E-state index in [9.17, 15) is 19.2 Å². The van der Waals surface area contributed by atoms with Crippen molar-refractivity contribution in [3.63, 3.8) is 0 Å². The SMILES string of the molecule is CO/N=C1\C(=O)N(CCCOC(=O)c2cn(C3CC3)c3cc(N4CCN(CCCN5C(=O)/C(=N/OC)c6ccccc65)CC4)c(F)cc3c2=O)c2ccccc21. The molecule has 1 saturated heterocycles. The second kappa shape index (κ2) is 15.6. The molecule has 0 atom stereocenters. The molecule has 3 aromatic carbocycles. The highest BCUT2D eigenvalue weighted by Crippen LogP contribution is 2.38. The van der Waals surface area contributed by atoms with Gasteiger partial charge in [0.15, 0.2) is 11.4 Å². The number of fused-ring (bicyclic) bond motifs is 3. The number of amides is 2. The number of aromatic nitrogens is 1. The number of anilines is 3. The lowest BCUT2D eigenvalue weighted by Crippen LogP contribution is -2.47. The maximum atomic E-state index is 15.9. The number of piperazine rings is 1. The standard InChI is InChI=1S/C41H42FN7O7/c1-54-43-36-27-9-3-5-11-32(27)47(39(36)51)16-7-15-45-18-20-46(21-19-45)35-24-34-29(23-31(35)42)38(50)30(25-49(34)26-13-14-26)41(53)56-22-8-17-48-33-12-6-4-10-28(33)37(40(48)52)44-55-2/h3-6,9-12,23-26H,7-8,13-22H2,1-2H3/b43-36+,44-37-. The molecule has 1 aliphatic carbocycles. The molecule has 0 unspecified atom stereocenters. The predicted molar refractivity (Wildman–Crippen MR) is 209 cm³/mol. The number of halogens is 1. The van der Waals surface area contributed by atoms with Crippen LogP contribution in [0.15, 0.2) is 82.0 Å². The van der Waals surface area contributed by atoms with Crippen molar-refractivity contribution >= 4 is 57.2 Å². The van der Waals surface area contributed by atoms with Crippen molar-refractivity contribution in [2.75, 3.05) is 81.3 Å². The number of carbonyl (C=O) groups excluding carboxylic acids is 3. The molecule has 4 heterocycles. The van der Waals surface area contributed by atoms with Crippen LogP contribution in [0.2, 0.25) is 0 Å². The van der Waals surface area contributed by atoms with E-state index in [1.165, 1.54) is 20.3 Å². The first-order valence-corrected chi connectivity index (χ1v) is 18.9. The maximum Gasteiger partial charge on any atom is 0.343 e. The summed E-state index contributed by atoms with van der Waals surface area (Å²) >= 11 is 0. The lowest BCUT2D eigenvalue weighted by molar-refractivity contribution is -0.113. The van der Waals surface area contributed by atoms with E-state index in [0.717, 1.165) is 37.1 Å². The Hall–Kier alpha value is -6.09. The molecule has 3 aliphatic heterocycles. The van der Waals surface area contributed by atoms with E-state index < -0.39 is 17.2 Å². The third-order valence-electron chi connectivity index (χ3n) is 10.7. The summed E-state index contributed by atoms with van der Waals surface area (Å²) in [5.74, 6) is -1.80. The van der Waals surface area contributed by atoms with Gasteiger partial charge in [-0.2, -0.15) is 0 Å². The van der Waals surface area contributed by atoms with Gasteiger partial charge in [0.05, 0.1) is 29.2 Å². The number of hydrogen-bond acceptors (Lipinski definition) is 11. The smallest absolute Gasteiger partial charge is 0.343 e. The number of oxime groups is 2. The third kappa shape index (κ3) is 6.87.